The number of hydrogen-bond acceptors (Lipinski definition) is 3. The minimum Gasteiger partial charge on any atom is -0.458 e. The second-order valence-electron chi connectivity index (χ2n) is 2.60. The van der Waals surface area contributed by atoms with Crippen molar-refractivity contribution >= 4 is 18.6 Å². The molecule has 2 nitrogen and oxygen atoms in total. The largest absolute Gasteiger partial charge is 0.460 e. The van der Waals surface area contributed by atoms with Gasteiger partial charge in [-0.25, -0.2) is 0 Å². The lowest BCUT2D eigenvalue weighted by Gasteiger charge is -2.27. The maximum Gasteiger partial charge on any atom is 0.460 e. The fraction of sp³-hybridized carbons (Fsp3) is 0.833. The molecule has 0 rings (SSSR count). The van der Waals surface area contributed by atoms with Crippen LogP contribution in [0.25, 0.3) is 0 Å². The Morgan fingerprint density at radius 3 is 1.81 bits per heavy atom. The van der Waals surface area contributed by atoms with Gasteiger partial charge in [-0.3, -0.25) is 4.79 Å². The van der Waals surface area contributed by atoms with E-state index < -0.39 is 36.4 Å². The highest BCUT2D eigenvalue weighted by Gasteiger charge is 2.73. The fourth-order valence-corrected chi connectivity index (χ4v) is 0.606. The third-order valence-corrected chi connectivity index (χ3v) is 1.62. The third kappa shape index (κ3) is 3.16. The van der Waals surface area contributed by atoms with Gasteiger partial charge in [0.2, 0.25) is 0 Å². The molecule has 0 fully saturated rings. The van der Waals surface area contributed by atoms with Gasteiger partial charge >= 0.3 is 24.0 Å². The van der Waals surface area contributed by atoms with Gasteiger partial charge in [-0.1, -0.05) is 0 Å². The van der Waals surface area contributed by atoms with Crippen molar-refractivity contribution in [2.24, 2.45) is 0 Å². The van der Waals surface area contributed by atoms with Crippen LogP contribution in [0.15, 0.2) is 0 Å². The molecule has 0 N–H and O–H groups in total. The number of halogens is 7. The highest BCUT2D eigenvalue weighted by Crippen LogP contribution is 2.46. The maximum absolute atomic E-state index is 12.4. The number of esters is 1. The van der Waals surface area contributed by atoms with Gasteiger partial charge in [-0.2, -0.15) is 43.4 Å². The summed E-state index contributed by atoms with van der Waals surface area (Å²) in [7, 11) is 0. The Balaban J connectivity index is 4.72. The van der Waals surface area contributed by atoms with Crippen molar-refractivity contribution in [3.05, 3.63) is 0 Å². The minimum absolute atomic E-state index is 0.715. The highest BCUT2D eigenvalue weighted by atomic mass is 32.1. The van der Waals surface area contributed by atoms with Crippen LogP contribution in [0, 0.1) is 0 Å². The molecule has 10 heteroatoms. The molecule has 0 aliphatic heterocycles. The normalized spacial score (nSPS) is 13.8. The smallest absolute Gasteiger partial charge is 0.458 e. The van der Waals surface area contributed by atoms with Crippen LogP contribution in [0.5, 0.6) is 0 Å². The van der Waals surface area contributed by atoms with Crippen LogP contribution in [0.1, 0.15) is 0 Å². The number of rotatable bonds is 4. The molecule has 96 valence electrons. The summed E-state index contributed by atoms with van der Waals surface area (Å²) in [4.78, 5) is 10.3. The van der Waals surface area contributed by atoms with Crippen LogP contribution in [-0.2, 0) is 9.53 Å². The number of hydrogen-bond donors (Lipinski definition) is 1. The van der Waals surface area contributed by atoms with E-state index in [2.05, 4.69) is 17.4 Å². The predicted octanol–water partition coefficient (Wildman–Crippen LogP) is 2.29. The topological polar surface area (TPSA) is 26.3 Å². The highest BCUT2D eigenvalue weighted by molar-refractivity contribution is 7.81. The van der Waals surface area contributed by atoms with E-state index >= 15 is 0 Å². The fourth-order valence-electron chi connectivity index (χ4n) is 0.515. The molecule has 0 amide bonds. The monoisotopic (exact) mass is 274 g/mol. The average molecular weight is 274 g/mol. The van der Waals surface area contributed by atoms with Crippen LogP contribution in [0.3, 0.4) is 0 Å². The van der Waals surface area contributed by atoms with Gasteiger partial charge in [-0.05, 0) is 0 Å². The summed E-state index contributed by atoms with van der Waals surface area (Å²) in [6, 6.07) is 0. The van der Waals surface area contributed by atoms with Gasteiger partial charge in [0, 0.05) is 0 Å². The molecule has 0 bridgehead atoms. The minimum atomic E-state index is -6.43. The zero-order valence-corrected chi connectivity index (χ0v) is 8.22. The van der Waals surface area contributed by atoms with Crippen molar-refractivity contribution in [3.8, 4) is 0 Å². The molecule has 0 aliphatic carbocycles. The lowest BCUT2D eigenvalue weighted by atomic mass is 10.2. The molecule has 0 spiro atoms. The van der Waals surface area contributed by atoms with Crippen LogP contribution in [0.4, 0.5) is 30.7 Å². The first-order valence-corrected chi connectivity index (χ1v) is 4.18. The maximum atomic E-state index is 12.4. The first-order chi connectivity index (χ1) is 6.95. The average Bonchev–Trinajstić information content (AvgIpc) is 2.12. The summed E-state index contributed by atoms with van der Waals surface area (Å²) in [5.41, 5.74) is 0. The Morgan fingerprint density at radius 2 is 1.50 bits per heavy atom. The second-order valence-corrected chi connectivity index (χ2v) is 2.91. The van der Waals surface area contributed by atoms with Gasteiger partial charge in [0.25, 0.3) is 0 Å². The number of thiol groups is 1. The Morgan fingerprint density at radius 1 is 1.06 bits per heavy atom. The number of carbonyl (C=O) groups is 1. The molecule has 0 aromatic heterocycles. The molecule has 0 unspecified atom stereocenters. The number of carbonyl (C=O) groups excluding carboxylic acids is 1. The molecule has 0 aromatic rings. The van der Waals surface area contributed by atoms with Crippen molar-refractivity contribution in [2.75, 3.05) is 12.4 Å². The Labute approximate surface area is 90.2 Å². The summed E-state index contributed by atoms with van der Waals surface area (Å²) in [5.74, 6) is -13.9. The van der Waals surface area contributed by atoms with Crippen molar-refractivity contribution in [1.29, 1.82) is 0 Å². The van der Waals surface area contributed by atoms with Gasteiger partial charge < -0.3 is 4.74 Å². The molecule has 0 radical (unpaired) electrons. The summed E-state index contributed by atoms with van der Waals surface area (Å²) in [6.07, 6.45) is -6.43. The first-order valence-electron chi connectivity index (χ1n) is 3.54. The lowest BCUT2D eigenvalue weighted by molar-refractivity contribution is -0.359. The molecule has 16 heavy (non-hydrogen) atoms. The zero-order chi connectivity index (χ0) is 13.2. The second kappa shape index (κ2) is 4.68. The number of alkyl halides is 7. The van der Waals surface area contributed by atoms with Crippen LogP contribution >= 0.6 is 12.6 Å². The van der Waals surface area contributed by atoms with Gasteiger partial charge in [0.15, 0.2) is 6.61 Å². The summed E-state index contributed by atoms with van der Waals surface area (Å²) in [6.45, 7) is -2.36. The molecule has 0 aliphatic rings. The van der Waals surface area contributed by atoms with Crippen molar-refractivity contribution in [2.45, 2.75) is 18.0 Å². The molecule has 0 saturated carbocycles. The zero-order valence-electron chi connectivity index (χ0n) is 7.32. The van der Waals surface area contributed by atoms with E-state index in [1.165, 1.54) is 0 Å². The van der Waals surface area contributed by atoms with E-state index in [4.69, 9.17) is 0 Å². The first kappa shape index (κ1) is 15.3. The quantitative estimate of drug-likeness (QED) is 0.483. The Kier molecular flexibility index (Phi) is 4.48. The Hall–Kier alpha value is -0.670. The SMILES string of the molecule is O=C(CS)OCC(F)(F)C(F)(F)C(F)(F)F. The van der Waals surface area contributed by atoms with Crippen molar-refractivity contribution < 1.29 is 40.3 Å². The summed E-state index contributed by atoms with van der Waals surface area (Å²) < 4.78 is 87.3. The third-order valence-electron chi connectivity index (χ3n) is 1.36. The van der Waals surface area contributed by atoms with Crippen molar-refractivity contribution in [1.82, 2.24) is 0 Å². The summed E-state index contributed by atoms with van der Waals surface area (Å²) >= 11 is 3.25. The standard InChI is InChI=1S/C6H5F7O2S/c7-4(8,2-15-3(14)1-16)5(9,10)6(11,12)13/h16H,1-2H2. The summed E-state index contributed by atoms with van der Waals surface area (Å²) in [5, 5.41) is 0. The molecular formula is C6H5F7O2S. The lowest BCUT2D eigenvalue weighted by Crippen LogP contribution is -2.54. The van der Waals surface area contributed by atoms with Gasteiger partial charge in [-0.15, -0.1) is 0 Å². The molecule has 0 heterocycles. The van der Waals surface area contributed by atoms with E-state index in [0.29, 0.717) is 0 Å². The molecule has 0 aromatic carbocycles. The van der Waals surface area contributed by atoms with E-state index in [1.807, 2.05) is 0 Å². The number of ether oxygens (including phenoxy) is 1. The van der Waals surface area contributed by atoms with Gasteiger partial charge in [0.1, 0.15) is 0 Å². The van der Waals surface area contributed by atoms with E-state index in [-0.39, 0.29) is 0 Å². The van der Waals surface area contributed by atoms with E-state index in [1.54, 1.807) is 0 Å². The van der Waals surface area contributed by atoms with Crippen LogP contribution in [0.2, 0.25) is 0 Å². The Bertz CT molecular complexity index is 262. The van der Waals surface area contributed by atoms with Gasteiger partial charge in [0.05, 0.1) is 5.75 Å². The molecule has 0 saturated heterocycles. The molecular weight excluding hydrogens is 269 g/mol. The predicted molar refractivity (Wildman–Crippen MR) is 40.8 cm³/mol. The van der Waals surface area contributed by atoms with E-state index in [9.17, 15) is 35.5 Å². The van der Waals surface area contributed by atoms with Crippen molar-refractivity contribution in [3.63, 3.8) is 0 Å². The van der Waals surface area contributed by atoms with Crippen LogP contribution in [-0.4, -0.2) is 36.4 Å². The van der Waals surface area contributed by atoms with E-state index in [0.717, 1.165) is 0 Å². The molecule has 0 atom stereocenters. The van der Waals surface area contributed by atoms with Crippen LogP contribution < -0.4 is 0 Å².